The van der Waals surface area contributed by atoms with Crippen LogP contribution in [0, 0.1) is 0 Å². The van der Waals surface area contributed by atoms with Gasteiger partial charge in [-0.05, 0) is 54.4 Å². The number of alkyl halides is 3. The molecule has 0 saturated heterocycles. The van der Waals surface area contributed by atoms with Crippen LogP contribution >= 0.6 is 0 Å². The third-order valence-electron chi connectivity index (χ3n) is 5.23. The van der Waals surface area contributed by atoms with Crippen LogP contribution in [0.3, 0.4) is 0 Å². The van der Waals surface area contributed by atoms with E-state index in [2.05, 4.69) is 6.92 Å². The molecule has 0 spiro atoms. The van der Waals surface area contributed by atoms with E-state index in [-0.39, 0.29) is 18.2 Å². The first-order chi connectivity index (χ1) is 16.6. The summed E-state index contributed by atoms with van der Waals surface area (Å²) in [6, 6.07) is 12.9. The number of unbranched alkanes of at least 4 members (excludes halogenated alkanes) is 2. The van der Waals surface area contributed by atoms with E-state index < -0.39 is 26.8 Å². The van der Waals surface area contributed by atoms with Gasteiger partial charge in [0.05, 0.1) is 18.4 Å². The Morgan fingerprint density at radius 2 is 1.74 bits per heavy atom. The molecule has 0 aliphatic heterocycles. The van der Waals surface area contributed by atoms with Gasteiger partial charge in [-0.1, -0.05) is 38.0 Å². The molecule has 6 nitrogen and oxygen atoms in total. The fraction of sp³-hybridized carbons (Fsp3) is 0.320. The molecular formula is C25H26F3NO5S. The lowest BCUT2D eigenvalue weighted by Crippen LogP contribution is -2.29. The van der Waals surface area contributed by atoms with Crippen molar-refractivity contribution in [1.29, 1.82) is 0 Å². The lowest BCUT2D eigenvalue weighted by atomic mass is 10.1. The first kappa shape index (κ1) is 26.3. The average Bonchev–Trinajstić information content (AvgIpc) is 3.32. The van der Waals surface area contributed by atoms with E-state index >= 15 is 0 Å². The second kappa shape index (κ2) is 11.4. The number of hydrogen-bond donors (Lipinski definition) is 0. The van der Waals surface area contributed by atoms with Gasteiger partial charge in [-0.15, -0.1) is 0 Å². The summed E-state index contributed by atoms with van der Waals surface area (Å²) in [5, 5.41) is 0. The smallest absolute Gasteiger partial charge is 0.416 e. The largest absolute Gasteiger partial charge is 0.467 e. The monoisotopic (exact) mass is 509 g/mol. The Morgan fingerprint density at radius 1 is 1.00 bits per heavy atom. The Bertz CT molecular complexity index is 1210. The molecule has 2 aromatic carbocycles. The van der Waals surface area contributed by atoms with Crippen LogP contribution in [0.15, 0.2) is 76.2 Å². The number of hydrogen-bond acceptors (Lipinski definition) is 5. The van der Waals surface area contributed by atoms with Crippen molar-refractivity contribution in [2.24, 2.45) is 0 Å². The quantitative estimate of drug-likeness (QED) is 0.228. The molecule has 0 atom stereocenters. The van der Waals surface area contributed by atoms with Gasteiger partial charge in [0.1, 0.15) is 16.4 Å². The van der Waals surface area contributed by atoms with E-state index in [4.69, 9.17) is 8.60 Å². The number of benzene rings is 2. The fourth-order valence-corrected chi connectivity index (χ4v) is 4.36. The van der Waals surface area contributed by atoms with Crippen LogP contribution in [0.5, 0.6) is 5.75 Å². The highest BCUT2D eigenvalue weighted by Gasteiger charge is 2.32. The van der Waals surface area contributed by atoms with Gasteiger partial charge < -0.3 is 13.5 Å². The first-order valence-corrected chi connectivity index (χ1v) is 12.5. The maximum atomic E-state index is 12.9. The van der Waals surface area contributed by atoms with E-state index in [9.17, 15) is 26.4 Å². The van der Waals surface area contributed by atoms with E-state index in [0.29, 0.717) is 24.8 Å². The van der Waals surface area contributed by atoms with E-state index in [1.54, 1.807) is 29.2 Å². The zero-order valence-corrected chi connectivity index (χ0v) is 19.9. The predicted molar refractivity (Wildman–Crippen MR) is 123 cm³/mol. The summed E-state index contributed by atoms with van der Waals surface area (Å²) in [6.45, 7) is 2.62. The summed E-state index contributed by atoms with van der Waals surface area (Å²) >= 11 is 0. The summed E-state index contributed by atoms with van der Waals surface area (Å²) in [5.74, 6) is 0.557. The molecule has 1 amide bonds. The van der Waals surface area contributed by atoms with Crippen molar-refractivity contribution in [3.63, 3.8) is 0 Å². The number of rotatable bonds is 11. The Morgan fingerprint density at radius 3 is 2.37 bits per heavy atom. The zero-order valence-electron chi connectivity index (χ0n) is 19.1. The van der Waals surface area contributed by atoms with Crippen LogP contribution in [0.2, 0.25) is 0 Å². The van der Waals surface area contributed by atoms with Crippen LogP contribution in [0.25, 0.3) is 0 Å². The molecule has 3 aromatic rings. The number of amides is 1. The average molecular weight is 510 g/mol. The summed E-state index contributed by atoms with van der Waals surface area (Å²) in [6.07, 6.45) is -0.00703. The third kappa shape index (κ3) is 7.61. The fourth-order valence-electron chi connectivity index (χ4n) is 3.38. The molecule has 188 valence electrons. The summed E-state index contributed by atoms with van der Waals surface area (Å²) in [7, 11) is -4.47. The van der Waals surface area contributed by atoms with Crippen molar-refractivity contribution < 1.29 is 35.0 Å². The first-order valence-electron chi connectivity index (χ1n) is 11.1. The van der Waals surface area contributed by atoms with Crippen LogP contribution in [0.1, 0.15) is 49.5 Å². The maximum Gasteiger partial charge on any atom is 0.416 e. The van der Waals surface area contributed by atoms with Crippen LogP contribution < -0.4 is 4.18 Å². The summed E-state index contributed by atoms with van der Waals surface area (Å²) in [4.78, 5) is 13.8. The molecule has 35 heavy (non-hydrogen) atoms. The van der Waals surface area contributed by atoms with Gasteiger partial charge in [0.2, 0.25) is 5.91 Å². The minimum absolute atomic E-state index is 0.0256. The molecule has 0 N–H and O–H groups in total. The van der Waals surface area contributed by atoms with Gasteiger partial charge in [0.15, 0.2) is 0 Å². The van der Waals surface area contributed by atoms with E-state index in [1.807, 2.05) is 0 Å². The third-order valence-corrected chi connectivity index (χ3v) is 6.47. The Labute approximate surface area is 202 Å². The molecule has 0 radical (unpaired) electrons. The SMILES string of the molecule is CCCCCC(=O)N(Cc1ccc(OS(=O)(=O)c2cccc(C(F)(F)F)c2)cc1)Cc1ccco1. The van der Waals surface area contributed by atoms with Gasteiger partial charge in [-0.3, -0.25) is 4.79 Å². The van der Waals surface area contributed by atoms with Crippen molar-refractivity contribution in [2.75, 3.05) is 0 Å². The maximum absolute atomic E-state index is 12.9. The highest BCUT2D eigenvalue weighted by Crippen LogP contribution is 2.31. The van der Waals surface area contributed by atoms with E-state index in [1.165, 1.54) is 18.4 Å². The Balaban J connectivity index is 1.71. The van der Waals surface area contributed by atoms with E-state index in [0.717, 1.165) is 43.0 Å². The van der Waals surface area contributed by atoms with Gasteiger partial charge in [0.25, 0.3) is 0 Å². The lowest BCUT2D eigenvalue weighted by Gasteiger charge is -2.22. The molecule has 0 unspecified atom stereocenters. The van der Waals surface area contributed by atoms with Gasteiger partial charge in [0, 0.05) is 13.0 Å². The molecule has 0 fully saturated rings. The highest BCUT2D eigenvalue weighted by molar-refractivity contribution is 7.87. The molecule has 10 heteroatoms. The second-order valence-corrected chi connectivity index (χ2v) is 9.54. The zero-order chi connectivity index (χ0) is 25.5. The molecule has 0 aliphatic rings. The molecule has 0 aliphatic carbocycles. The molecule has 1 heterocycles. The standard InChI is InChI=1S/C25H26F3NO5S/c1-2-3-4-10-24(30)29(18-22-8-6-15-33-22)17-19-11-13-21(14-12-19)34-35(31,32)23-9-5-7-20(16-23)25(26,27)28/h5-9,11-16H,2-4,10,17-18H2,1H3. The summed E-state index contributed by atoms with van der Waals surface area (Å²) in [5.41, 5.74) is -0.359. The van der Waals surface area contributed by atoms with Crippen molar-refractivity contribution in [3.05, 3.63) is 83.8 Å². The Kier molecular flexibility index (Phi) is 8.61. The van der Waals surface area contributed by atoms with Gasteiger partial charge >= 0.3 is 16.3 Å². The molecule has 1 aromatic heterocycles. The van der Waals surface area contributed by atoms with Crippen molar-refractivity contribution in [3.8, 4) is 5.75 Å². The lowest BCUT2D eigenvalue weighted by molar-refractivity contribution is -0.137. The molecule has 3 rings (SSSR count). The Hall–Kier alpha value is -3.27. The van der Waals surface area contributed by atoms with Crippen LogP contribution in [-0.2, 0) is 34.2 Å². The molecular weight excluding hydrogens is 483 g/mol. The topological polar surface area (TPSA) is 76.8 Å². The minimum atomic E-state index is -4.68. The normalized spacial score (nSPS) is 11.9. The second-order valence-electron chi connectivity index (χ2n) is 7.99. The number of furan rings is 1. The minimum Gasteiger partial charge on any atom is -0.467 e. The van der Waals surface area contributed by atoms with Crippen LogP contribution in [-0.4, -0.2) is 19.2 Å². The predicted octanol–water partition coefficient (Wildman–Crippen LogP) is 6.18. The van der Waals surface area contributed by atoms with Crippen molar-refractivity contribution in [2.45, 2.75) is 56.8 Å². The number of carbonyl (C=O) groups excluding carboxylic acids is 1. The van der Waals surface area contributed by atoms with Crippen LogP contribution in [0.4, 0.5) is 13.2 Å². The number of nitrogens with zero attached hydrogens (tertiary/aromatic N) is 1. The van der Waals surface area contributed by atoms with Gasteiger partial charge in [-0.2, -0.15) is 21.6 Å². The number of carbonyl (C=O) groups is 1. The van der Waals surface area contributed by atoms with Crippen molar-refractivity contribution in [1.82, 2.24) is 4.90 Å². The molecule has 0 saturated carbocycles. The van der Waals surface area contributed by atoms with Gasteiger partial charge in [-0.25, -0.2) is 0 Å². The molecule has 0 bridgehead atoms. The summed E-state index contributed by atoms with van der Waals surface area (Å²) < 4.78 is 74.1. The van der Waals surface area contributed by atoms with Crippen molar-refractivity contribution >= 4 is 16.0 Å². The number of halogens is 3. The highest BCUT2D eigenvalue weighted by atomic mass is 32.2.